The molecule has 5 heteroatoms. The molecule has 4 nitrogen and oxygen atoms in total. The minimum absolute atomic E-state index is 0.00579. The molecule has 0 heterocycles. The van der Waals surface area contributed by atoms with Crippen LogP contribution in [0.3, 0.4) is 0 Å². The largest absolute Gasteiger partial charge is 0.483 e. The number of carbonyl (C=O) groups excluding carboxylic acids is 1. The Bertz CT molecular complexity index is 396. The molecule has 18 heavy (non-hydrogen) atoms. The summed E-state index contributed by atoms with van der Waals surface area (Å²) in [5, 5.41) is 3.34. The second kappa shape index (κ2) is 7.95. The molecule has 0 atom stereocenters. The smallest absolute Gasteiger partial charge is 0.257 e. The highest BCUT2D eigenvalue weighted by Crippen LogP contribution is 2.22. The molecule has 0 aliphatic rings. The molecule has 0 saturated carbocycles. The SMILES string of the molecule is COCCCNC(=O)COc1cc(Cl)ccc1C. The first-order valence-corrected chi connectivity index (χ1v) is 6.16. The molecule has 0 aromatic heterocycles. The van der Waals surface area contributed by atoms with Gasteiger partial charge in [0.1, 0.15) is 5.75 Å². The highest BCUT2D eigenvalue weighted by Gasteiger charge is 2.05. The number of methoxy groups -OCH3 is 1. The molecule has 0 saturated heterocycles. The number of nitrogens with one attached hydrogen (secondary N) is 1. The maximum absolute atomic E-state index is 11.5. The predicted molar refractivity (Wildman–Crippen MR) is 71.2 cm³/mol. The maximum Gasteiger partial charge on any atom is 0.257 e. The van der Waals surface area contributed by atoms with Gasteiger partial charge < -0.3 is 14.8 Å². The molecule has 0 aliphatic heterocycles. The third-order valence-corrected chi connectivity index (χ3v) is 2.59. The van der Waals surface area contributed by atoms with Crippen molar-refractivity contribution in [3.05, 3.63) is 28.8 Å². The summed E-state index contributed by atoms with van der Waals surface area (Å²) in [6.07, 6.45) is 0.790. The molecular formula is C13H18ClNO3. The van der Waals surface area contributed by atoms with Gasteiger partial charge in [-0.3, -0.25) is 4.79 Å². The number of ether oxygens (including phenoxy) is 2. The van der Waals surface area contributed by atoms with Crippen molar-refractivity contribution in [2.24, 2.45) is 0 Å². The van der Waals surface area contributed by atoms with Gasteiger partial charge in [0, 0.05) is 25.3 Å². The normalized spacial score (nSPS) is 10.2. The number of hydrogen-bond acceptors (Lipinski definition) is 3. The predicted octanol–water partition coefficient (Wildman–Crippen LogP) is 2.18. The highest BCUT2D eigenvalue weighted by atomic mass is 35.5. The first-order chi connectivity index (χ1) is 8.63. The van der Waals surface area contributed by atoms with Gasteiger partial charge in [-0.1, -0.05) is 17.7 Å². The van der Waals surface area contributed by atoms with Crippen LogP contribution in [0.4, 0.5) is 0 Å². The summed E-state index contributed by atoms with van der Waals surface area (Å²) in [6.45, 7) is 3.12. The quantitative estimate of drug-likeness (QED) is 0.774. The van der Waals surface area contributed by atoms with E-state index in [-0.39, 0.29) is 12.5 Å². The van der Waals surface area contributed by atoms with Crippen LogP contribution in [0.5, 0.6) is 5.75 Å². The summed E-state index contributed by atoms with van der Waals surface area (Å²) in [6, 6.07) is 5.35. The lowest BCUT2D eigenvalue weighted by Crippen LogP contribution is -2.30. The summed E-state index contributed by atoms with van der Waals surface area (Å²) < 4.78 is 10.3. The molecule has 0 unspecified atom stereocenters. The molecule has 1 amide bonds. The zero-order chi connectivity index (χ0) is 13.4. The van der Waals surface area contributed by atoms with Crippen molar-refractivity contribution < 1.29 is 14.3 Å². The zero-order valence-electron chi connectivity index (χ0n) is 10.7. The Hall–Kier alpha value is -1.26. The molecule has 1 aromatic carbocycles. The summed E-state index contributed by atoms with van der Waals surface area (Å²) in [5.74, 6) is 0.486. The van der Waals surface area contributed by atoms with Crippen molar-refractivity contribution in [2.45, 2.75) is 13.3 Å². The van der Waals surface area contributed by atoms with Gasteiger partial charge in [-0.05, 0) is 31.0 Å². The monoisotopic (exact) mass is 271 g/mol. The zero-order valence-corrected chi connectivity index (χ0v) is 11.4. The van der Waals surface area contributed by atoms with Gasteiger partial charge in [0.2, 0.25) is 0 Å². The van der Waals surface area contributed by atoms with E-state index in [1.807, 2.05) is 13.0 Å². The van der Waals surface area contributed by atoms with Gasteiger partial charge >= 0.3 is 0 Å². The van der Waals surface area contributed by atoms with Crippen molar-refractivity contribution in [1.29, 1.82) is 0 Å². The van der Waals surface area contributed by atoms with E-state index in [9.17, 15) is 4.79 Å². The minimum Gasteiger partial charge on any atom is -0.483 e. The number of benzene rings is 1. The number of aryl methyl sites for hydroxylation is 1. The molecule has 100 valence electrons. The van der Waals surface area contributed by atoms with Gasteiger partial charge in [-0.25, -0.2) is 0 Å². The van der Waals surface area contributed by atoms with Crippen LogP contribution >= 0.6 is 11.6 Å². The van der Waals surface area contributed by atoms with Crippen LogP contribution in [0.25, 0.3) is 0 Å². The number of halogens is 1. The highest BCUT2D eigenvalue weighted by molar-refractivity contribution is 6.30. The minimum atomic E-state index is -0.148. The van der Waals surface area contributed by atoms with E-state index in [1.54, 1.807) is 19.2 Å². The number of hydrogen-bond donors (Lipinski definition) is 1. The molecule has 0 bridgehead atoms. The molecule has 1 aromatic rings. The Kier molecular flexibility index (Phi) is 6.54. The topological polar surface area (TPSA) is 47.6 Å². The van der Waals surface area contributed by atoms with Crippen LogP contribution in [0, 0.1) is 6.92 Å². The second-order valence-corrected chi connectivity index (χ2v) is 4.33. The van der Waals surface area contributed by atoms with Gasteiger partial charge in [-0.15, -0.1) is 0 Å². The van der Waals surface area contributed by atoms with E-state index >= 15 is 0 Å². The van der Waals surface area contributed by atoms with Crippen LogP contribution < -0.4 is 10.1 Å². The van der Waals surface area contributed by atoms with Crippen molar-refractivity contribution in [1.82, 2.24) is 5.32 Å². The summed E-state index contributed by atoms with van der Waals surface area (Å²) in [7, 11) is 1.63. The molecule has 1 rings (SSSR count). The first kappa shape index (κ1) is 14.8. The molecule has 0 aliphatic carbocycles. The van der Waals surface area contributed by atoms with Crippen LogP contribution in [0.1, 0.15) is 12.0 Å². The second-order valence-electron chi connectivity index (χ2n) is 3.89. The average Bonchev–Trinajstić information content (AvgIpc) is 2.36. The summed E-state index contributed by atoms with van der Waals surface area (Å²) >= 11 is 5.86. The lowest BCUT2D eigenvalue weighted by Gasteiger charge is -2.09. The van der Waals surface area contributed by atoms with Gasteiger partial charge in [0.25, 0.3) is 5.91 Å². The van der Waals surface area contributed by atoms with E-state index in [2.05, 4.69) is 5.32 Å². The van der Waals surface area contributed by atoms with Crippen molar-refractivity contribution in [3.63, 3.8) is 0 Å². The Morgan fingerprint density at radius 1 is 1.44 bits per heavy atom. The van der Waals surface area contributed by atoms with E-state index < -0.39 is 0 Å². The first-order valence-electron chi connectivity index (χ1n) is 5.78. The number of carbonyl (C=O) groups is 1. The molecule has 0 radical (unpaired) electrons. The lowest BCUT2D eigenvalue weighted by molar-refractivity contribution is -0.123. The van der Waals surface area contributed by atoms with Crippen LogP contribution in [-0.4, -0.2) is 32.8 Å². The van der Waals surface area contributed by atoms with Crippen molar-refractivity contribution >= 4 is 17.5 Å². The average molecular weight is 272 g/mol. The fraction of sp³-hybridized carbons (Fsp3) is 0.462. The van der Waals surface area contributed by atoms with Crippen LogP contribution in [-0.2, 0) is 9.53 Å². The molecule has 1 N–H and O–H groups in total. The Morgan fingerprint density at radius 3 is 2.94 bits per heavy atom. The molecule has 0 spiro atoms. The Balaban J connectivity index is 2.31. The standard InChI is InChI=1S/C13H18ClNO3/c1-10-4-5-11(14)8-12(10)18-9-13(16)15-6-3-7-17-2/h4-5,8H,3,6-7,9H2,1-2H3,(H,15,16). The fourth-order valence-corrected chi connectivity index (χ4v) is 1.53. The van der Waals surface area contributed by atoms with Gasteiger partial charge in [0.15, 0.2) is 6.61 Å². The molecular weight excluding hydrogens is 254 g/mol. The summed E-state index contributed by atoms with van der Waals surface area (Å²) in [4.78, 5) is 11.5. The molecule has 0 fully saturated rings. The maximum atomic E-state index is 11.5. The van der Waals surface area contributed by atoms with Crippen LogP contribution in [0.15, 0.2) is 18.2 Å². The number of rotatable bonds is 7. The fourth-order valence-electron chi connectivity index (χ4n) is 1.37. The third-order valence-electron chi connectivity index (χ3n) is 2.36. The Labute approximate surface area is 112 Å². The van der Waals surface area contributed by atoms with Crippen molar-refractivity contribution in [3.8, 4) is 5.75 Å². The van der Waals surface area contributed by atoms with Crippen molar-refractivity contribution in [2.75, 3.05) is 26.9 Å². The van der Waals surface area contributed by atoms with E-state index in [0.717, 1.165) is 12.0 Å². The Morgan fingerprint density at radius 2 is 2.22 bits per heavy atom. The lowest BCUT2D eigenvalue weighted by atomic mass is 10.2. The van der Waals surface area contributed by atoms with Gasteiger partial charge in [-0.2, -0.15) is 0 Å². The van der Waals surface area contributed by atoms with E-state index in [4.69, 9.17) is 21.1 Å². The van der Waals surface area contributed by atoms with Crippen LogP contribution in [0.2, 0.25) is 5.02 Å². The number of amides is 1. The third kappa shape index (κ3) is 5.38. The van der Waals surface area contributed by atoms with Gasteiger partial charge in [0.05, 0.1) is 0 Å². The summed E-state index contributed by atoms with van der Waals surface area (Å²) in [5.41, 5.74) is 0.951. The van der Waals surface area contributed by atoms with E-state index in [1.165, 1.54) is 0 Å². The van der Waals surface area contributed by atoms with E-state index in [0.29, 0.717) is 23.9 Å².